The largest absolute Gasteiger partial charge is 0.332 e. The highest BCUT2D eigenvalue weighted by Crippen LogP contribution is 2.28. The lowest BCUT2D eigenvalue weighted by Gasteiger charge is -2.03. The minimum absolute atomic E-state index is 0.252. The average molecular weight is 286 g/mol. The number of halogens is 1. The number of benzene rings is 2. The van der Waals surface area contributed by atoms with Crippen molar-refractivity contribution in [1.29, 1.82) is 0 Å². The third kappa shape index (κ3) is 2.80. The van der Waals surface area contributed by atoms with Gasteiger partial charge in [0.2, 0.25) is 0 Å². The highest BCUT2D eigenvalue weighted by molar-refractivity contribution is 7.22. The van der Waals surface area contributed by atoms with Gasteiger partial charge in [-0.1, -0.05) is 36.8 Å². The van der Waals surface area contributed by atoms with Gasteiger partial charge in [0.25, 0.3) is 0 Å². The van der Waals surface area contributed by atoms with Crippen molar-refractivity contribution >= 4 is 32.4 Å². The molecule has 0 saturated heterocycles. The number of fused-ring (bicyclic) bond motifs is 1. The second-order valence-electron chi connectivity index (χ2n) is 4.70. The Morgan fingerprint density at radius 1 is 1.15 bits per heavy atom. The van der Waals surface area contributed by atoms with E-state index in [4.69, 9.17) is 0 Å². The Morgan fingerprint density at radius 2 is 1.95 bits per heavy atom. The molecule has 2 aromatic carbocycles. The lowest BCUT2D eigenvalue weighted by atomic mass is 10.1. The van der Waals surface area contributed by atoms with Crippen LogP contribution in [0.3, 0.4) is 0 Å². The molecule has 3 rings (SSSR count). The molecule has 0 atom stereocenters. The van der Waals surface area contributed by atoms with E-state index in [1.807, 2.05) is 0 Å². The number of hydrogen-bond acceptors (Lipinski definition) is 3. The van der Waals surface area contributed by atoms with Crippen molar-refractivity contribution in [2.45, 2.75) is 19.8 Å². The number of nitrogens with one attached hydrogen (secondary N) is 1. The SMILES string of the molecule is CCCc1ccc(Nc2nc3cc(F)ccc3s2)cc1. The van der Waals surface area contributed by atoms with E-state index in [1.54, 1.807) is 6.07 Å². The smallest absolute Gasteiger partial charge is 0.188 e. The summed E-state index contributed by atoms with van der Waals surface area (Å²) in [5.41, 5.74) is 3.04. The molecule has 0 aliphatic carbocycles. The van der Waals surface area contributed by atoms with Crippen LogP contribution in [-0.4, -0.2) is 4.98 Å². The van der Waals surface area contributed by atoms with E-state index in [-0.39, 0.29) is 5.82 Å². The van der Waals surface area contributed by atoms with Crippen molar-refractivity contribution < 1.29 is 4.39 Å². The number of rotatable bonds is 4. The van der Waals surface area contributed by atoms with Gasteiger partial charge in [-0.25, -0.2) is 9.37 Å². The van der Waals surface area contributed by atoms with Gasteiger partial charge in [0.05, 0.1) is 10.2 Å². The summed E-state index contributed by atoms with van der Waals surface area (Å²) in [6, 6.07) is 13.0. The molecule has 0 amide bonds. The number of aryl methyl sites for hydroxylation is 1. The summed E-state index contributed by atoms with van der Waals surface area (Å²) >= 11 is 1.53. The van der Waals surface area contributed by atoms with Gasteiger partial charge in [0.15, 0.2) is 5.13 Å². The van der Waals surface area contributed by atoms with Crippen LogP contribution < -0.4 is 5.32 Å². The van der Waals surface area contributed by atoms with Gasteiger partial charge in [-0.05, 0) is 36.2 Å². The van der Waals surface area contributed by atoms with Gasteiger partial charge in [-0.2, -0.15) is 0 Å². The Bertz CT molecular complexity index is 719. The lowest BCUT2D eigenvalue weighted by molar-refractivity contribution is 0.629. The van der Waals surface area contributed by atoms with Gasteiger partial charge < -0.3 is 5.32 Å². The van der Waals surface area contributed by atoms with Crippen LogP contribution in [0.5, 0.6) is 0 Å². The molecule has 0 aliphatic heterocycles. The van der Waals surface area contributed by atoms with E-state index in [9.17, 15) is 4.39 Å². The first-order valence-electron chi connectivity index (χ1n) is 6.66. The molecule has 2 nitrogen and oxygen atoms in total. The van der Waals surface area contributed by atoms with E-state index in [2.05, 4.69) is 41.5 Å². The monoisotopic (exact) mass is 286 g/mol. The number of anilines is 2. The van der Waals surface area contributed by atoms with Crippen molar-refractivity contribution in [1.82, 2.24) is 4.98 Å². The third-order valence-electron chi connectivity index (χ3n) is 3.09. The van der Waals surface area contributed by atoms with E-state index in [0.717, 1.165) is 28.4 Å². The molecule has 0 saturated carbocycles. The molecule has 1 heterocycles. The molecule has 0 unspecified atom stereocenters. The quantitative estimate of drug-likeness (QED) is 0.719. The lowest BCUT2D eigenvalue weighted by Crippen LogP contribution is -1.90. The molecule has 0 aliphatic rings. The molecule has 0 radical (unpaired) electrons. The van der Waals surface area contributed by atoms with Crippen LogP contribution in [0.1, 0.15) is 18.9 Å². The van der Waals surface area contributed by atoms with Gasteiger partial charge in [-0.15, -0.1) is 0 Å². The van der Waals surface area contributed by atoms with Crippen LogP contribution >= 0.6 is 11.3 Å². The van der Waals surface area contributed by atoms with Gasteiger partial charge >= 0.3 is 0 Å². The van der Waals surface area contributed by atoms with Crippen molar-refractivity contribution in [2.75, 3.05) is 5.32 Å². The molecule has 1 aromatic heterocycles. The average Bonchev–Trinajstić information content (AvgIpc) is 2.82. The molecule has 102 valence electrons. The normalized spacial score (nSPS) is 10.9. The second kappa shape index (κ2) is 5.59. The Morgan fingerprint density at radius 3 is 2.70 bits per heavy atom. The third-order valence-corrected chi connectivity index (χ3v) is 4.05. The first-order valence-corrected chi connectivity index (χ1v) is 7.48. The van der Waals surface area contributed by atoms with Crippen molar-refractivity contribution in [3.05, 3.63) is 53.8 Å². The zero-order valence-electron chi connectivity index (χ0n) is 11.2. The van der Waals surface area contributed by atoms with E-state index >= 15 is 0 Å². The van der Waals surface area contributed by atoms with Gasteiger partial charge in [-0.3, -0.25) is 0 Å². The molecule has 0 bridgehead atoms. The van der Waals surface area contributed by atoms with Gasteiger partial charge in [0, 0.05) is 11.8 Å². The first-order chi connectivity index (χ1) is 9.74. The van der Waals surface area contributed by atoms with Crippen LogP contribution in [0.25, 0.3) is 10.2 Å². The fourth-order valence-electron chi connectivity index (χ4n) is 2.12. The molecule has 3 aromatic rings. The molecule has 4 heteroatoms. The summed E-state index contributed by atoms with van der Waals surface area (Å²) in [5.74, 6) is -0.252. The van der Waals surface area contributed by atoms with Crippen molar-refractivity contribution in [3.63, 3.8) is 0 Å². The van der Waals surface area contributed by atoms with E-state index in [1.165, 1.54) is 29.0 Å². The van der Waals surface area contributed by atoms with Crippen LogP contribution in [0.4, 0.5) is 15.2 Å². The summed E-state index contributed by atoms with van der Waals surface area (Å²) in [5, 5.41) is 4.05. The zero-order chi connectivity index (χ0) is 13.9. The second-order valence-corrected chi connectivity index (χ2v) is 5.73. The minimum Gasteiger partial charge on any atom is -0.332 e. The summed E-state index contributed by atoms with van der Waals surface area (Å²) in [6.45, 7) is 2.17. The maximum absolute atomic E-state index is 13.1. The predicted molar refractivity (Wildman–Crippen MR) is 83.3 cm³/mol. The van der Waals surface area contributed by atoms with E-state index in [0.29, 0.717) is 5.52 Å². The summed E-state index contributed by atoms with van der Waals surface area (Å²) in [6.07, 6.45) is 2.25. The molecular formula is C16H15FN2S. The zero-order valence-corrected chi connectivity index (χ0v) is 12.0. The summed E-state index contributed by atoms with van der Waals surface area (Å²) in [7, 11) is 0. The van der Waals surface area contributed by atoms with Crippen LogP contribution in [-0.2, 0) is 6.42 Å². The minimum atomic E-state index is -0.252. The number of aromatic nitrogens is 1. The summed E-state index contributed by atoms with van der Waals surface area (Å²) in [4.78, 5) is 4.40. The standard InChI is InChI=1S/C16H15FN2S/c1-2-3-11-4-7-13(8-5-11)18-16-19-14-10-12(17)6-9-15(14)20-16/h4-10H,2-3H2,1H3,(H,18,19). The van der Waals surface area contributed by atoms with Crippen molar-refractivity contribution in [3.8, 4) is 0 Å². The van der Waals surface area contributed by atoms with Crippen LogP contribution in [0.15, 0.2) is 42.5 Å². The van der Waals surface area contributed by atoms with E-state index < -0.39 is 0 Å². The van der Waals surface area contributed by atoms with Crippen LogP contribution in [0.2, 0.25) is 0 Å². The highest BCUT2D eigenvalue weighted by atomic mass is 32.1. The topological polar surface area (TPSA) is 24.9 Å². The molecule has 20 heavy (non-hydrogen) atoms. The Labute approximate surface area is 121 Å². The molecular weight excluding hydrogens is 271 g/mol. The fourth-order valence-corrected chi connectivity index (χ4v) is 2.99. The number of hydrogen-bond donors (Lipinski definition) is 1. The van der Waals surface area contributed by atoms with Crippen LogP contribution in [0, 0.1) is 5.82 Å². The number of nitrogens with zero attached hydrogens (tertiary/aromatic N) is 1. The predicted octanol–water partition coefficient (Wildman–Crippen LogP) is 5.13. The Kier molecular flexibility index (Phi) is 3.65. The molecule has 0 fully saturated rings. The maximum Gasteiger partial charge on any atom is 0.188 e. The maximum atomic E-state index is 13.1. The molecule has 0 spiro atoms. The first kappa shape index (κ1) is 13.1. The van der Waals surface area contributed by atoms with Gasteiger partial charge in [0.1, 0.15) is 5.82 Å². The Balaban J connectivity index is 1.81. The van der Waals surface area contributed by atoms with Crippen molar-refractivity contribution in [2.24, 2.45) is 0 Å². The highest BCUT2D eigenvalue weighted by Gasteiger charge is 2.05. The Hall–Kier alpha value is -1.94. The molecule has 1 N–H and O–H groups in total. The summed E-state index contributed by atoms with van der Waals surface area (Å²) < 4.78 is 14.1. The fraction of sp³-hybridized carbons (Fsp3) is 0.188. The number of thiazole rings is 1.